The molecular weight excluding hydrogens is 268 g/mol. The fraction of sp³-hybridized carbons (Fsp3) is 0.812. The van der Waals surface area contributed by atoms with Gasteiger partial charge in [0.2, 0.25) is 11.8 Å². The second-order valence-electron chi connectivity index (χ2n) is 6.40. The number of nitrogens with zero attached hydrogens (tertiary/aromatic N) is 1. The minimum absolute atomic E-state index is 0.0759. The van der Waals surface area contributed by atoms with Crippen LogP contribution in [0.3, 0.4) is 0 Å². The number of hydrogen-bond donors (Lipinski definition) is 1. The number of carbonyl (C=O) groups is 3. The Bertz CT molecular complexity index is 456. The zero-order valence-electron chi connectivity index (χ0n) is 13.4. The van der Waals surface area contributed by atoms with Gasteiger partial charge in [0.1, 0.15) is 5.41 Å². The van der Waals surface area contributed by atoms with Crippen molar-refractivity contribution in [1.29, 1.82) is 0 Å². The van der Waals surface area contributed by atoms with Crippen molar-refractivity contribution in [3.63, 3.8) is 0 Å². The summed E-state index contributed by atoms with van der Waals surface area (Å²) in [5.41, 5.74) is -1.07. The van der Waals surface area contributed by atoms with Gasteiger partial charge < -0.3 is 0 Å². The highest BCUT2D eigenvalue weighted by molar-refractivity contribution is 6.19. The van der Waals surface area contributed by atoms with E-state index in [1.54, 1.807) is 0 Å². The lowest BCUT2D eigenvalue weighted by molar-refractivity contribution is -0.154. The van der Waals surface area contributed by atoms with E-state index in [2.05, 4.69) is 19.2 Å². The van der Waals surface area contributed by atoms with E-state index in [1.165, 1.54) is 4.90 Å². The molecule has 0 radical (unpaired) electrons. The number of barbiturate groups is 1. The third-order valence-electron chi connectivity index (χ3n) is 5.75. The zero-order chi connectivity index (χ0) is 15.8. The molecule has 0 aromatic heterocycles. The molecule has 4 amide bonds. The number of rotatable bonds is 4. The van der Waals surface area contributed by atoms with Crippen molar-refractivity contribution in [2.24, 2.45) is 17.3 Å². The van der Waals surface area contributed by atoms with E-state index in [0.717, 1.165) is 19.3 Å². The minimum Gasteiger partial charge on any atom is -0.277 e. The van der Waals surface area contributed by atoms with Gasteiger partial charge >= 0.3 is 6.03 Å². The number of hydrogen-bond acceptors (Lipinski definition) is 3. The summed E-state index contributed by atoms with van der Waals surface area (Å²) in [6.07, 6.45) is 3.80. The van der Waals surface area contributed by atoms with Crippen LogP contribution in [0, 0.1) is 17.3 Å². The van der Waals surface area contributed by atoms with E-state index >= 15 is 0 Å². The molecule has 0 spiro atoms. The summed E-state index contributed by atoms with van der Waals surface area (Å²) in [6, 6.07) is -0.607. The molecule has 2 rings (SSSR count). The van der Waals surface area contributed by atoms with E-state index in [9.17, 15) is 14.4 Å². The highest BCUT2D eigenvalue weighted by Gasteiger charge is 2.54. The third-order valence-corrected chi connectivity index (χ3v) is 5.75. The Kier molecular flexibility index (Phi) is 4.40. The summed E-state index contributed by atoms with van der Waals surface area (Å²) >= 11 is 0. The maximum Gasteiger partial charge on any atom is 0.331 e. The van der Waals surface area contributed by atoms with Gasteiger partial charge in [-0.3, -0.25) is 19.8 Å². The molecule has 2 aliphatic rings. The molecule has 118 valence electrons. The summed E-state index contributed by atoms with van der Waals surface area (Å²) in [5, 5.41) is 2.41. The van der Waals surface area contributed by atoms with E-state index in [-0.39, 0.29) is 11.9 Å². The largest absolute Gasteiger partial charge is 0.331 e. The van der Waals surface area contributed by atoms with Crippen molar-refractivity contribution in [2.45, 2.75) is 65.8 Å². The Hall–Kier alpha value is -1.39. The average molecular weight is 294 g/mol. The van der Waals surface area contributed by atoms with Crippen molar-refractivity contribution in [3.05, 3.63) is 0 Å². The minimum atomic E-state index is -1.07. The van der Waals surface area contributed by atoms with Crippen molar-refractivity contribution in [1.82, 2.24) is 10.2 Å². The predicted molar refractivity (Wildman–Crippen MR) is 79.4 cm³/mol. The first-order valence-electron chi connectivity index (χ1n) is 8.11. The lowest BCUT2D eigenvalue weighted by Gasteiger charge is -2.42. The molecule has 0 bridgehead atoms. The van der Waals surface area contributed by atoms with E-state index in [4.69, 9.17) is 0 Å². The SMILES string of the molecule is CCC1CCC(N2C(=O)NC(=O)C(CC)(CC)C2=O)C1C. The number of amides is 4. The van der Waals surface area contributed by atoms with Gasteiger partial charge in [0, 0.05) is 6.04 Å². The second kappa shape index (κ2) is 5.78. The molecule has 3 atom stereocenters. The van der Waals surface area contributed by atoms with Gasteiger partial charge in [-0.1, -0.05) is 34.1 Å². The van der Waals surface area contributed by atoms with Gasteiger partial charge in [-0.05, 0) is 37.5 Å². The Morgan fingerprint density at radius 1 is 1.14 bits per heavy atom. The molecule has 1 aliphatic heterocycles. The highest BCUT2D eigenvalue weighted by atomic mass is 16.2. The maximum atomic E-state index is 12.9. The van der Waals surface area contributed by atoms with Crippen LogP contribution < -0.4 is 5.32 Å². The van der Waals surface area contributed by atoms with Gasteiger partial charge in [0.05, 0.1) is 0 Å². The van der Waals surface area contributed by atoms with Gasteiger partial charge in [-0.2, -0.15) is 0 Å². The topological polar surface area (TPSA) is 66.5 Å². The third kappa shape index (κ3) is 2.27. The molecule has 2 fully saturated rings. The van der Waals surface area contributed by atoms with Gasteiger partial charge in [0.25, 0.3) is 0 Å². The number of carbonyl (C=O) groups excluding carboxylic acids is 3. The molecule has 5 nitrogen and oxygen atoms in total. The predicted octanol–water partition coefficient (Wildman–Crippen LogP) is 2.70. The van der Waals surface area contributed by atoms with Crippen molar-refractivity contribution >= 4 is 17.8 Å². The fourth-order valence-electron chi connectivity index (χ4n) is 4.04. The van der Waals surface area contributed by atoms with Crippen LogP contribution in [0.5, 0.6) is 0 Å². The molecule has 21 heavy (non-hydrogen) atoms. The number of urea groups is 1. The highest BCUT2D eigenvalue weighted by Crippen LogP contribution is 2.41. The fourth-order valence-corrected chi connectivity index (χ4v) is 4.04. The maximum absolute atomic E-state index is 12.9. The van der Waals surface area contributed by atoms with E-state index in [1.807, 2.05) is 13.8 Å². The first-order valence-corrected chi connectivity index (χ1v) is 8.11. The molecule has 1 saturated carbocycles. The Labute approximate surface area is 126 Å². The van der Waals surface area contributed by atoms with Crippen molar-refractivity contribution in [3.8, 4) is 0 Å². The van der Waals surface area contributed by atoms with Crippen LogP contribution in [0.4, 0.5) is 4.79 Å². The smallest absolute Gasteiger partial charge is 0.277 e. The molecule has 3 unspecified atom stereocenters. The molecular formula is C16H26N2O3. The van der Waals surface area contributed by atoms with Crippen molar-refractivity contribution < 1.29 is 14.4 Å². The van der Waals surface area contributed by atoms with Crippen LogP contribution in [-0.2, 0) is 9.59 Å². The van der Waals surface area contributed by atoms with Gasteiger partial charge in [-0.15, -0.1) is 0 Å². The van der Waals surface area contributed by atoms with Gasteiger partial charge in [0.15, 0.2) is 0 Å². The van der Waals surface area contributed by atoms with E-state index in [0.29, 0.717) is 24.7 Å². The Balaban J connectivity index is 2.33. The van der Waals surface area contributed by atoms with Crippen LogP contribution in [0.2, 0.25) is 0 Å². The number of imide groups is 2. The standard InChI is InChI=1S/C16H26N2O3/c1-5-11-8-9-12(10(11)4)18-14(20)16(6-2,7-3)13(19)17-15(18)21/h10-12H,5-9H2,1-4H3,(H,17,19,21). The summed E-state index contributed by atoms with van der Waals surface area (Å²) in [4.78, 5) is 38.7. The first-order chi connectivity index (χ1) is 9.92. The monoisotopic (exact) mass is 294 g/mol. The Morgan fingerprint density at radius 3 is 2.24 bits per heavy atom. The first kappa shape index (κ1) is 16.0. The van der Waals surface area contributed by atoms with Crippen LogP contribution in [0.25, 0.3) is 0 Å². The van der Waals surface area contributed by atoms with Gasteiger partial charge in [-0.25, -0.2) is 4.79 Å². The molecule has 0 aromatic rings. The molecule has 1 aliphatic carbocycles. The molecule has 1 N–H and O–H groups in total. The summed E-state index contributed by atoms with van der Waals surface area (Å²) in [7, 11) is 0. The number of nitrogens with one attached hydrogen (secondary N) is 1. The summed E-state index contributed by atoms with van der Waals surface area (Å²) in [6.45, 7) is 7.93. The average Bonchev–Trinajstić information content (AvgIpc) is 2.81. The lowest BCUT2D eigenvalue weighted by atomic mass is 9.78. The Morgan fingerprint density at radius 2 is 1.76 bits per heavy atom. The molecule has 1 saturated heterocycles. The van der Waals surface area contributed by atoms with Crippen LogP contribution in [0.1, 0.15) is 59.8 Å². The quantitative estimate of drug-likeness (QED) is 0.811. The lowest BCUT2D eigenvalue weighted by Crippen LogP contribution is -2.66. The van der Waals surface area contributed by atoms with Crippen LogP contribution >= 0.6 is 0 Å². The van der Waals surface area contributed by atoms with Crippen LogP contribution in [-0.4, -0.2) is 28.8 Å². The normalized spacial score (nSPS) is 32.5. The molecule has 5 heteroatoms. The summed E-state index contributed by atoms with van der Waals surface area (Å²) < 4.78 is 0. The van der Waals surface area contributed by atoms with E-state index < -0.39 is 17.4 Å². The molecule has 0 aromatic carbocycles. The van der Waals surface area contributed by atoms with Crippen molar-refractivity contribution in [2.75, 3.05) is 0 Å². The summed E-state index contributed by atoms with van der Waals surface area (Å²) in [5.74, 6) is 0.112. The molecule has 1 heterocycles. The second-order valence-corrected chi connectivity index (χ2v) is 6.40. The van der Waals surface area contributed by atoms with Crippen LogP contribution in [0.15, 0.2) is 0 Å². The zero-order valence-corrected chi connectivity index (χ0v) is 13.4.